The van der Waals surface area contributed by atoms with Crippen LogP contribution in [0.4, 0.5) is 5.69 Å². The first-order valence-electron chi connectivity index (χ1n) is 14.2. The van der Waals surface area contributed by atoms with Crippen LogP contribution in [0.1, 0.15) is 43.4 Å². The van der Waals surface area contributed by atoms with Crippen molar-refractivity contribution in [2.24, 2.45) is 10.1 Å². The Hall–Kier alpha value is -5.05. The van der Waals surface area contributed by atoms with Gasteiger partial charge in [-0.3, -0.25) is 9.69 Å². The van der Waals surface area contributed by atoms with Gasteiger partial charge in [-0.05, 0) is 84.0 Å². The molecular formula is C34H34N4O5. The van der Waals surface area contributed by atoms with Crippen LogP contribution in [0.15, 0.2) is 93.7 Å². The van der Waals surface area contributed by atoms with Crippen LogP contribution in [0.5, 0.6) is 23.0 Å². The van der Waals surface area contributed by atoms with Gasteiger partial charge in [-0.25, -0.2) is 4.99 Å². The smallest absolute Gasteiger partial charge is 0.234 e. The Morgan fingerprint density at radius 1 is 0.837 bits per heavy atom. The molecule has 0 radical (unpaired) electrons. The predicted molar refractivity (Wildman–Crippen MR) is 167 cm³/mol. The lowest BCUT2D eigenvalue weighted by Gasteiger charge is -2.39. The molecule has 0 saturated heterocycles. The first-order valence-corrected chi connectivity index (χ1v) is 14.2. The molecule has 0 aromatic heterocycles. The van der Waals surface area contributed by atoms with E-state index in [0.29, 0.717) is 34.8 Å². The number of allylic oxidation sites excluding steroid dienone is 1. The molecule has 0 amide bonds. The molecule has 3 aliphatic rings. The molecule has 0 spiro atoms. The summed E-state index contributed by atoms with van der Waals surface area (Å²) in [4.78, 5) is 20.3. The van der Waals surface area contributed by atoms with Crippen LogP contribution in [0.3, 0.4) is 0 Å². The quantitative estimate of drug-likeness (QED) is 0.307. The van der Waals surface area contributed by atoms with E-state index in [9.17, 15) is 4.79 Å². The normalized spacial score (nSPS) is 18.5. The zero-order valence-corrected chi connectivity index (χ0v) is 25.0. The Labute approximate surface area is 251 Å². The van der Waals surface area contributed by atoms with E-state index < -0.39 is 0 Å². The number of ketones is 1. The highest BCUT2D eigenvalue weighted by molar-refractivity contribution is 6.43. The third-order valence-electron chi connectivity index (χ3n) is 7.92. The Kier molecular flexibility index (Phi) is 7.63. The number of nitrogens with zero attached hydrogens (tertiary/aromatic N) is 4. The van der Waals surface area contributed by atoms with Gasteiger partial charge in [-0.2, -0.15) is 5.01 Å². The topological polar surface area (TPSA) is 85.2 Å². The predicted octanol–water partition coefficient (Wildman–Crippen LogP) is 6.38. The number of carbonyl (C=O) groups is 1. The summed E-state index contributed by atoms with van der Waals surface area (Å²) < 4.78 is 22.2. The number of hydrogen-bond acceptors (Lipinski definition) is 9. The molecule has 3 aromatic carbocycles. The summed E-state index contributed by atoms with van der Waals surface area (Å²) in [5.74, 6) is 3.36. The SMILES string of the molecule is COc1ccc(/C=C2\CCCC3=C2N=C2N(c4ccccc4)N=C(C(C)=O)N2C3c2ccc(OC)c(OC)c2)cc1OC. The number of anilines is 1. The largest absolute Gasteiger partial charge is 0.493 e. The fourth-order valence-corrected chi connectivity index (χ4v) is 5.94. The maximum Gasteiger partial charge on any atom is 0.234 e. The number of carbonyl (C=O) groups excluding carboxylic acids is 1. The van der Waals surface area contributed by atoms with Gasteiger partial charge in [0.25, 0.3) is 0 Å². The molecule has 6 rings (SSSR count). The maximum atomic E-state index is 13.1. The van der Waals surface area contributed by atoms with Crippen molar-refractivity contribution in [2.45, 2.75) is 32.2 Å². The third kappa shape index (κ3) is 5.01. The molecule has 1 aliphatic carbocycles. The van der Waals surface area contributed by atoms with Gasteiger partial charge in [0.15, 0.2) is 34.6 Å². The van der Waals surface area contributed by atoms with Gasteiger partial charge in [0, 0.05) is 6.92 Å². The van der Waals surface area contributed by atoms with Crippen molar-refractivity contribution < 1.29 is 23.7 Å². The second kappa shape index (κ2) is 11.7. The van der Waals surface area contributed by atoms with E-state index >= 15 is 0 Å². The number of guanidine groups is 1. The summed E-state index contributed by atoms with van der Waals surface area (Å²) in [6, 6.07) is 21.2. The number of amidine groups is 1. The number of Topliss-reactive ketones (excluding diaryl/α,β-unsaturated/α-hetero) is 1. The molecule has 0 saturated carbocycles. The number of aliphatic imine (C=N–C) groups is 1. The highest BCUT2D eigenvalue weighted by atomic mass is 16.5. The van der Waals surface area contributed by atoms with Crippen molar-refractivity contribution in [1.29, 1.82) is 0 Å². The van der Waals surface area contributed by atoms with Gasteiger partial charge in [0.2, 0.25) is 5.96 Å². The van der Waals surface area contributed by atoms with E-state index in [0.717, 1.165) is 52.9 Å². The summed E-state index contributed by atoms with van der Waals surface area (Å²) in [5.41, 5.74) is 5.90. The minimum absolute atomic E-state index is 0.141. The van der Waals surface area contributed by atoms with Gasteiger partial charge in [0.05, 0.1) is 45.9 Å². The lowest BCUT2D eigenvalue weighted by Crippen LogP contribution is -2.45. The molecule has 1 atom stereocenters. The minimum Gasteiger partial charge on any atom is -0.493 e. The molecule has 9 heteroatoms. The third-order valence-corrected chi connectivity index (χ3v) is 7.92. The maximum absolute atomic E-state index is 13.1. The number of para-hydroxylation sites is 1. The molecule has 2 aliphatic heterocycles. The number of fused-ring (bicyclic) bond motifs is 1. The van der Waals surface area contributed by atoms with Gasteiger partial charge in [0.1, 0.15) is 0 Å². The summed E-state index contributed by atoms with van der Waals surface area (Å²) in [6.07, 6.45) is 4.78. The average Bonchev–Trinajstić information content (AvgIpc) is 3.43. The number of benzene rings is 3. The van der Waals surface area contributed by atoms with Crippen molar-refractivity contribution in [2.75, 3.05) is 33.4 Å². The van der Waals surface area contributed by atoms with Crippen LogP contribution in [-0.4, -0.2) is 50.9 Å². The number of ether oxygens (including phenoxy) is 4. The van der Waals surface area contributed by atoms with E-state index in [-0.39, 0.29) is 11.8 Å². The van der Waals surface area contributed by atoms with E-state index in [1.165, 1.54) is 0 Å². The number of methoxy groups -OCH3 is 4. The Balaban J connectivity index is 1.56. The Morgan fingerprint density at radius 2 is 1.51 bits per heavy atom. The molecule has 220 valence electrons. The van der Waals surface area contributed by atoms with Crippen LogP contribution in [-0.2, 0) is 4.79 Å². The van der Waals surface area contributed by atoms with Crippen LogP contribution < -0.4 is 24.0 Å². The fraction of sp³-hybridized carbons (Fsp3) is 0.265. The van der Waals surface area contributed by atoms with Crippen LogP contribution >= 0.6 is 0 Å². The molecular weight excluding hydrogens is 544 g/mol. The second-order valence-corrected chi connectivity index (χ2v) is 10.4. The van der Waals surface area contributed by atoms with Crippen LogP contribution in [0, 0.1) is 0 Å². The van der Waals surface area contributed by atoms with Crippen molar-refractivity contribution in [1.82, 2.24) is 4.90 Å². The van der Waals surface area contributed by atoms with Crippen molar-refractivity contribution in [3.05, 3.63) is 94.7 Å². The number of hydrazone groups is 1. The molecule has 0 fully saturated rings. The van der Waals surface area contributed by atoms with E-state index in [2.05, 4.69) is 6.08 Å². The van der Waals surface area contributed by atoms with Crippen molar-refractivity contribution in [3.8, 4) is 23.0 Å². The highest BCUT2D eigenvalue weighted by Crippen LogP contribution is 2.48. The fourth-order valence-electron chi connectivity index (χ4n) is 5.94. The lowest BCUT2D eigenvalue weighted by molar-refractivity contribution is -0.111. The lowest BCUT2D eigenvalue weighted by atomic mass is 9.82. The summed E-state index contributed by atoms with van der Waals surface area (Å²) in [7, 11) is 6.51. The number of hydrogen-bond donors (Lipinski definition) is 0. The van der Waals surface area contributed by atoms with E-state index in [4.69, 9.17) is 29.0 Å². The first-order chi connectivity index (χ1) is 21.0. The van der Waals surface area contributed by atoms with Gasteiger partial charge >= 0.3 is 0 Å². The summed E-state index contributed by atoms with van der Waals surface area (Å²) in [5, 5.41) is 6.59. The van der Waals surface area contributed by atoms with Crippen LogP contribution in [0.25, 0.3) is 6.08 Å². The molecule has 1 unspecified atom stereocenters. The summed E-state index contributed by atoms with van der Waals surface area (Å²) >= 11 is 0. The highest BCUT2D eigenvalue weighted by Gasteiger charge is 2.45. The molecule has 9 nitrogen and oxygen atoms in total. The van der Waals surface area contributed by atoms with Gasteiger partial charge < -0.3 is 18.9 Å². The minimum atomic E-state index is -0.326. The second-order valence-electron chi connectivity index (χ2n) is 10.4. The van der Waals surface area contributed by atoms with E-state index in [1.54, 1.807) is 40.4 Å². The summed E-state index contributed by atoms with van der Waals surface area (Å²) in [6.45, 7) is 1.55. The average molecular weight is 579 g/mol. The Morgan fingerprint density at radius 3 is 2.19 bits per heavy atom. The molecule has 0 N–H and O–H groups in total. The molecule has 3 aromatic rings. The van der Waals surface area contributed by atoms with Gasteiger partial charge in [-0.1, -0.05) is 30.3 Å². The first kappa shape index (κ1) is 28.1. The van der Waals surface area contributed by atoms with Crippen molar-refractivity contribution >= 4 is 29.3 Å². The molecule has 2 heterocycles. The zero-order valence-electron chi connectivity index (χ0n) is 25.0. The molecule has 43 heavy (non-hydrogen) atoms. The zero-order chi connectivity index (χ0) is 30.1. The Bertz CT molecular complexity index is 1690. The standard InChI is InChI=1S/C34H34N4O5/c1-21(39)33-36-38(25-11-7-6-8-12-25)34-35-31-23(18-22-14-16-27(40-2)29(19-22)42-4)10-9-13-26(31)32(37(33)34)24-15-17-28(41-3)30(20-24)43-5/h6-8,11-12,14-20,32H,9-10,13H2,1-5H3/b23-18+. The number of rotatable bonds is 8. The van der Waals surface area contributed by atoms with Gasteiger partial charge in [-0.15, -0.1) is 5.10 Å². The monoisotopic (exact) mass is 578 g/mol. The van der Waals surface area contributed by atoms with Crippen molar-refractivity contribution in [3.63, 3.8) is 0 Å². The molecule has 0 bridgehead atoms. The van der Waals surface area contributed by atoms with E-state index in [1.807, 2.05) is 71.6 Å². The van der Waals surface area contributed by atoms with Crippen LogP contribution in [0.2, 0.25) is 0 Å².